The number of hydrogen-bond acceptors (Lipinski definition) is 6. The summed E-state index contributed by atoms with van der Waals surface area (Å²) in [5.74, 6) is 0.674. The maximum atomic E-state index is 15.2. The normalized spacial score (nSPS) is 26.8. The van der Waals surface area contributed by atoms with Gasteiger partial charge in [0.25, 0.3) is 5.91 Å². The second-order valence-corrected chi connectivity index (χ2v) is 15.4. The maximum absolute atomic E-state index is 15.2. The van der Waals surface area contributed by atoms with Gasteiger partial charge in [0.2, 0.25) is 5.91 Å². The number of anilines is 1. The molecule has 1 saturated heterocycles. The lowest BCUT2D eigenvalue weighted by Crippen LogP contribution is -2.53. The van der Waals surface area contributed by atoms with Crippen molar-refractivity contribution in [3.8, 4) is 11.5 Å². The number of rotatable bonds is 7. The molecule has 3 aromatic carbocycles. The average molecular weight is 665 g/mol. The van der Waals surface area contributed by atoms with Crippen molar-refractivity contribution in [2.45, 2.75) is 89.6 Å². The van der Waals surface area contributed by atoms with Crippen LogP contribution in [0.15, 0.2) is 66.7 Å². The van der Waals surface area contributed by atoms with Crippen LogP contribution >= 0.6 is 0 Å². The van der Waals surface area contributed by atoms with Crippen LogP contribution in [0.4, 0.5) is 5.69 Å². The molecule has 258 valence electrons. The first-order chi connectivity index (χ1) is 23.3. The van der Waals surface area contributed by atoms with Crippen LogP contribution in [-0.4, -0.2) is 60.3 Å². The summed E-state index contributed by atoms with van der Waals surface area (Å²) < 4.78 is 18.6. The Bertz CT molecular complexity index is 1840. The van der Waals surface area contributed by atoms with Crippen molar-refractivity contribution in [3.63, 3.8) is 0 Å². The van der Waals surface area contributed by atoms with Crippen LogP contribution in [0.1, 0.15) is 75.8 Å². The van der Waals surface area contributed by atoms with Gasteiger partial charge in [-0.2, -0.15) is 0 Å². The molecule has 0 radical (unpaired) electrons. The second kappa shape index (κ2) is 11.7. The van der Waals surface area contributed by atoms with Gasteiger partial charge in [0.1, 0.15) is 11.5 Å². The van der Waals surface area contributed by atoms with E-state index in [4.69, 9.17) is 14.2 Å². The number of methoxy groups -OCH3 is 2. The quantitative estimate of drug-likeness (QED) is 0.314. The third-order valence-electron chi connectivity index (χ3n) is 11.9. The van der Waals surface area contributed by atoms with Gasteiger partial charge in [-0.1, -0.05) is 63.2 Å². The molecule has 1 spiro atoms. The Morgan fingerprint density at radius 2 is 1.69 bits per heavy atom. The fourth-order valence-electron chi connectivity index (χ4n) is 9.51. The largest absolute Gasteiger partial charge is 0.497 e. The van der Waals surface area contributed by atoms with E-state index >= 15 is 4.79 Å². The third-order valence-corrected chi connectivity index (χ3v) is 11.9. The smallest absolute Gasteiger partial charge is 0.265 e. The summed E-state index contributed by atoms with van der Waals surface area (Å²) >= 11 is 0. The standard InChI is InChI=1S/C41H48N2O6/c1-24-21-39(3,4)43-37-32(24)18-31(48-8)19-33(37)41(38(43)46)25(2)36(40(5,6)28-13-15-30(47-7)16-14-28)34(49-41)20-35(45)42-22-27-12-10-9-11-26(27)17-29(42)23-44/h9-16,18-19,21,25,29,34,36,44H,17,20,22-23H2,1-8H3/t25-,29+,34+,36-,41+/m1/s1. The van der Waals surface area contributed by atoms with E-state index in [0.717, 1.165) is 44.8 Å². The highest BCUT2D eigenvalue weighted by atomic mass is 16.5. The molecule has 0 aliphatic carbocycles. The monoisotopic (exact) mass is 664 g/mol. The Balaban J connectivity index is 1.35. The molecule has 1 fully saturated rings. The fraction of sp³-hybridized carbons (Fsp3) is 0.463. The van der Waals surface area contributed by atoms with Crippen molar-refractivity contribution in [1.29, 1.82) is 0 Å². The molecule has 8 nitrogen and oxygen atoms in total. The minimum Gasteiger partial charge on any atom is -0.497 e. The first-order valence-corrected chi connectivity index (χ1v) is 17.3. The summed E-state index contributed by atoms with van der Waals surface area (Å²) in [5.41, 5.74) is 4.58. The Morgan fingerprint density at radius 1 is 1.02 bits per heavy atom. The lowest BCUT2D eigenvalue weighted by atomic mass is 9.63. The number of aliphatic hydroxyl groups is 1. The molecule has 4 aliphatic heterocycles. The predicted molar refractivity (Wildman–Crippen MR) is 190 cm³/mol. The highest BCUT2D eigenvalue weighted by Crippen LogP contribution is 2.63. The molecule has 4 heterocycles. The molecule has 2 amide bonds. The molecule has 0 bridgehead atoms. The van der Waals surface area contributed by atoms with Crippen LogP contribution in [-0.2, 0) is 38.3 Å². The van der Waals surface area contributed by atoms with Crippen LogP contribution in [0.2, 0.25) is 0 Å². The van der Waals surface area contributed by atoms with Crippen LogP contribution in [0.5, 0.6) is 11.5 Å². The Hall–Kier alpha value is -4.14. The van der Waals surface area contributed by atoms with E-state index in [1.165, 1.54) is 0 Å². The number of amides is 2. The summed E-state index contributed by atoms with van der Waals surface area (Å²) in [6, 6.07) is 19.8. The molecule has 0 saturated carbocycles. The van der Waals surface area contributed by atoms with Crippen molar-refractivity contribution in [3.05, 3.63) is 94.6 Å². The molecule has 49 heavy (non-hydrogen) atoms. The number of fused-ring (bicyclic) bond motifs is 2. The zero-order valence-electron chi connectivity index (χ0n) is 29.9. The Morgan fingerprint density at radius 3 is 2.35 bits per heavy atom. The number of hydrogen-bond donors (Lipinski definition) is 1. The zero-order valence-corrected chi connectivity index (χ0v) is 29.9. The van der Waals surface area contributed by atoms with Crippen molar-refractivity contribution in [1.82, 2.24) is 4.90 Å². The van der Waals surface area contributed by atoms with Gasteiger partial charge in [0, 0.05) is 29.5 Å². The van der Waals surface area contributed by atoms with Crippen molar-refractivity contribution in [2.24, 2.45) is 11.8 Å². The van der Waals surface area contributed by atoms with Gasteiger partial charge in [-0.25, -0.2) is 0 Å². The molecule has 4 aliphatic rings. The average Bonchev–Trinajstić information content (AvgIpc) is 3.53. The molecule has 8 heteroatoms. The van der Waals surface area contributed by atoms with E-state index in [0.29, 0.717) is 18.7 Å². The van der Waals surface area contributed by atoms with Crippen molar-refractivity contribution < 1.29 is 28.9 Å². The molecule has 0 aromatic heterocycles. The molecular weight excluding hydrogens is 616 g/mol. The highest BCUT2D eigenvalue weighted by Gasteiger charge is 2.68. The van der Waals surface area contributed by atoms with E-state index in [9.17, 15) is 9.90 Å². The van der Waals surface area contributed by atoms with Crippen LogP contribution in [0.25, 0.3) is 5.57 Å². The number of benzene rings is 3. The van der Waals surface area contributed by atoms with Crippen molar-refractivity contribution in [2.75, 3.05) is 25.7 Å². The number of allylic oxidation sites excluding steroid dienone is 1. The lowest BCUT2D eigenvalue weighted by Gasteiger charge is -2.40. The number of carbonyl (C=O) groups is 2. The van der Waals surface area contributed by atoms with Crippen LogP contribution < -0.4 is 14.4 Å². The highest BCUT2D eigenvalue weighted by molar-refractivity contribution is 6.12. The van der Waals surface area contributed by atoms with E-state index in [1.807, 2.05) is 41.3 Å². The van der Waals surface area contributed by atoms with Gasteiger partial charge in [-0.05, 0) is 79.1 Å². The van der Waals surface area contributed by atoms with E-state index in [1.54, 1.807) is 19.1 Å². The van der Waals surface area contributed by atoms with Crippen LogP contribution in [0, 0.1) is 11.8 Å². The Labute approximate surface area is 289 Å². The molecule has 1 N–H and O–H groups in total. The topological polar surface area (TPSA) is 88.5 Å². The first kappa shape index (κ1) is 33.4. The van der Waals surface area contributed by atoms with Crippen LogP contribution in [0.3, 0.4) is 0 Å². The summed E-state index contributed by atoms with van der Waals surface area (Å²) in [5, 5.41) is 10.4. The minimum absolute atomic E-state index is 0.0785. The third kappa shape index (κ3) is 4.93. The van der Waals surface area contributed by atoms with E-state index in [2.05, 4.69) is 71.9 Å². The molecule has 5 atom stereocenters. The van der Waals surface area contributed by atoms with E-state index < -0.39 is 22.7 Å². The summed E-state index contributed by atoms with van der Waals surface area (Å²) in [7, 11) is 3.30. The SMILES string of the molecule is COc1ccc(C(C)(C)[C@H]2[C@H](CC(=O)N3Cc4ccccc4C[C@H]3CO)O[C@@]3(C(=O)N4c5c(cc(OC)cc53)C(C)=CC4(C)C)[C@@H]2C)cc1. The maximum Gasteiger partial charge on any atom is 0.265 e. The lowest BCUT2D eigenvalue weighted by molar-refractivity contribution is -0.151. The number of carbonyl (C=O) groups excluding carboxylic acids is 2. The molecule has 3 aromatic rings. The van der Waals surface area contributed by atoms with E-state index in [-0.39, 0.29) is 42.7 Å². The number of aliphatic hydroxyl groups excluding tert-OH is 1. The summed E-state index contributed by atoms with van der Waals surface area (Å²) in [6.45, 7) is 13.0. The van der Waals surface area contributed by atoms with Gasteiger partial charge in [0.05, 0.1) is 50.6 Å². The fourth-order valence-corrected chi connectivity index (χ4v) is 9.51. The number of ether oxygens (including phenoxy) is 3. The minimum atomic E-state index is -1.33. The number of nitrogens with zero attached hydrogens (tertiary/aromatic N) is 2. The van der Waals surface area contributed by atoms with Gasteiger partial charge in [-0.3, -0.25) is 14.5 Å². The summed E-state index contributed by atoms with van der Waals surface area (Å²) in [6.07, 6.45) is 2.21. The molecular formula is C41H48N2O6. The van der Waals surface area contributed by atoms with Gasteiger partial charge in [0.15, 0.2) is 5.60 Å². The van der Waals surface area contributed by atoms with Crippen molar-refractivity contribution >= 4 is 23.1 Å². The van der Waals surface area contributed by atoms with Gasteiger partial charge >= 0.3 is 0 Å². The molecule has 0 unspecified atom stereocenters. The zero-order chi connectivity index (χ0) is 35.0. The summed E-state index contributed by atoms with van der Waals surface area (Å²) in [4.78, 5) is 33.4. The molecule has 7 rings (SSSR count). The van der Waals surface area contributed by atoms with Gasteiger partial charge in [-0.15, -0.1) is 0 Å². The Kier molecular flexibility index (Phi) is 7.99. The first-order valence-electron chi connectivity index (χ1n) is 17.3. The predicted octanol–water partition coefficient (Wildman–Crippen LogP) is 6.41. The second-order valence-electron chi connectivity index (χ2n) is 15.4. The van der Waals surface area contributed by atoms with Gasteiger partial charge < -0.3 is 24.2 Å².